The third-order valence-electron chi connectivity index (χ3n) is 12.9. The highest BCUT2D eigenvalue weighted by Crippen LogP contribution is 2.55. The van der Waals surface area contributed by atoms with E-state index in [0.717, 1.165) is 50.9 Å². The van der Waals surface area contributed by atoms with Crippen molar-refractivity contribution >= 4 is 35.2 Å². The first kappa shape index (κ1) is 40.5. The molecule has 0 aromatic heterocycles. The largest absolute Gasteiger partial charge is 0.489 e. The Balaban J connectivity index is 0.791. The van der Waals surface area contributed by atoms with Crippen molar-refractivity contribution in [3.8, 4) is 11.8 Å². The number of halogens is 1. The molecule has 1 unspecified atom stereocenters. The molecule has 57 heavy (non-hydrogen) atoms. The second kappa shape index (κ2) is 16.6. The van der Waals surface area contributed by atoms with Crippen LogP contribution in [0.5, 0.6) is 5.75 Å². The molecule has 11 heteroatoms. The SMILES string of the molecule is CC1(C)C(NC(=O)c2ccc(CCCCCCN3CCC(c4ccc5c(c4)CN(C4CCC(=O)NC4=O)C5=O)CC3)cc2)C(C)(C)C1Oc1ccc(C#N)c(Cl)c1. The number of unbranched alkanes of at least 4 members (excludes halogenated alkanes) is 3. The van der Waals surface area contributed by atoms with Gasteiger partial charge in [0.15, 0.2) is 0 Å². The maximum Gasteiger partial charge on any atom is 0.255 e. The summed E-state index contributed by atoms with van der Waals surface area (Å²) < 4.78 is 6.37. The normalized spacial score (nSPS) is 23.0. The molecule has 0 radical (unpaired) electrons. The average Bonchev–Trinajstić information content (AvgIpc) is 3.52. The molecule has 7 rings (SSSR count). The molecule has 2 N–H and O–H groups in total. The van der Waals surface area contributed by atoms with Crippen molar-refractivity contribution in [1.29, 1.82) is 5.26 Å². The van der Waals surface area contributed by atoms with Gasteiger partial charge in [0.1, 0.15) is 24.0 Å². The van der Waals surface area contributed by atoms with Gasteiger partial charge in [0.25, 0.3) is 11.8 Å². The second-order valence-corrected chi connectivity index (χ2v) is 18.0. The summed E-state index contributed by atoms with van der Waals surface area (Å²) in [6, 6.07) is 20.7. The Morgan fingerprint density at radius 1 is 0.930 bits per heavy atom. The number of ether oxygens (including phenoxy) is 1. The van der Waals surface area contributed by atoms with E-state index in [1.54, 1.807) is 23.1 Å². The van der Waals surface area contributed by atoms with Crippen LogP contribution in [0.1, 0.15) is 128 Å². The molecule has 3 aliphatic heterocycles. The lowest BCUT2D eigenvalue weighted by atomic mass is 9.49. The molecule has 10 nitrogen and oxygen atoms in total. The van der Waals surface area contributed by atoms with Crippen LogP contribution in [-0.4, -0.2) is 71.3 Å². The van der Waals surface area contributed by atoms with Crippen molar-refractivity contribution in [2.45, 2.75) is 116 Å². The summed E-state index contributed by atoms with van der Waals surface area (Å²) in [5, 5.41) is 15.2. The number of nitriles is 1. The maximum atomic E-state index is 13.4. The summed E-state index contributed by atoms with van der Waals surface area (Å²) in [5.41, 5.74) is 4.59. The van der Waals surface area contributed by atoms with E-state index < -0.39 is 6.04 Å². The lowest BCUT2D eigenvalue weighted by molar-refractivity contribution is -0.164. The van der Waals surface area contributed by atoms with Gasteiger partial charge in [-0.3, -0.25) is 24.5 Å². The van der Waals surface area contributed by atoms with Crippen LogP contribution in [0.3, 0.4) is 0 Å². The van der Waals surface area contributed by atoms with Crippen molar-refractivity contribution in [3.05, 3.63) is 99.1 Å². The zero-order valence-electron chi connectivity index (χ0n) is 33.5. The zero-order valence-corrected chi connectivity index (χ0v) is 34.3. The number of nitrogens with zero attached hydrogens (tertiary/aromatic N) is 3. The first-order chi connectivity index (χ1) is 27.3. The lowest BCUT2D eigenvalue weighted by Gasteiger charge is -2.63. The van der Waals surface area contributed by atoms with E-state index in [1.807, 2.05) is 18.2 Å². The highest BCUT2D eigenvalue weighted by atomic mass is 35.5. The number of imide groups is 1. The molecular weight excluding hydrogens is 738 g/mol. The van der Waals surface area contributed by atoms with Crippen LogP contribution in [0.25, 0.3) is 0 Å². The molecule has 3 aromatic carbocycles. The summed E-state index contributed by atoms with van der Waals surface area (Å²) in [6.07, 6.45) is 8.33. The van der Waals surface area contributed by atoms with Crippen LogP contribution in [0, 0.1) is 22.2 Å². The summed E-state index contributed by atoms with van der Waals surface area (Å²) in [7, 11) is 0. The van der Waals surface area contributed by atoms with Crippen LogP contribution >= 0.6 is 11.6 Å². The first-order valence-corrected chi connectivity index (χ1v) is 20.9. The predicted octanol–water partition coefficient (Wildman–Crippen LogP) is 7.57. The second-order valence-electron chi connectivity index (χ2n) is 17.6. The smallest absolute Gasteiger partial charge is 0.255 e. The molecule has 1 atom stereocenters. The Labute approximate surface area is 341 Å². The Kier molecular flexibility index (Phi) is 11.8. The number of fused-ring (bicyclic) bond motifs is 1. The minimum Gasteiger partial charge on any atom is -0.489 e. The molecule has 4 aliphatic rings. The highest BCUT2D eigenvalue weighted by molar-refractivity contribution is 6.31. The minimum absolute atomic E-state index is 0.0845. The number of rotatable bonds is 13. The van der Waals surface area contributed by atoms with Gasteiger partial charge >= 0.3 is 0 Å². The summed E-state index contributed by atoms with van der Waals surface area (Å²) in [5.74, 6) is 0.232. The van der Waals surface area contributed by atoms with Crippen LogP contribution in [0.2, 0.25) is 5.02 Å². The molecule has 0 bridgehead atoms. The van der Waals surface area contributed by atoms with E-state index in [2.05, 4.69) is 73.6 Å². The highest BCUT2D eigenvalue weighted by Gasteiger charge is 2.64. The number of carbonyl (C=O) groups is 4. The van der Waals surface area contributed by atoms with E-state index in [-0.39, 0.29) is 53.0 Å². The third-order valence-corrected chi connectivity index (χ3v) is 13.3. The molecule has 3 aromatic rings. The summed E-state index contributed by atoms with van der Waals surface area (Å²) >= 11 is 6.24. The van der Waals surface area contributed by atoms with E-state index in [1.165, 1.54) is 30.4 Å². The molecule has 1 aliphatic carbocycles. The number of hydrogen-bond donors (Lipinski definition) is 2. The maximum absolute atomic E-state index is 13.4. The van der Waals surface area contributed by atoms with Crippen LogP contribution < -0.4 is 15.4 Å². The Hall–Kier alpha value is -4.72. The summed E-state index contributed by atoms with van der Waals surface area (Å²) in [6.45, 7) is 12.1. The molecule has 2 saturated heterocycles. The fourth-order valence-corrected chi connectivity index (χ4v) is 10.2. The van der Waals surface area contributed by atoms with E-state index in [9.17, 15) is 24.4 Å². The monoisotopic (exact) mass is 791 g/mol. The van der Waals surface area contributed by atoms with Crippen LogP contribution in [0.4, 0.5) is 0 Å². The summed E-state index contributed by atoms with van der Waals surface area (Å²) in [4.78, 5) is 54.7. The van der Waals surface area contributed by atoms with Crippen molar-refractivity contribution < 1.29 is 23.9 Å². The number of aryl methyl sites for hydroxylation is 1. The quantitative estimate of drug-likeness (QED) is 0.135. The fourth-order valence-electron chi connectivity index (χ4n) is 9.99. The van der Waals surface area contributed by atoms with Crippen LogP contribution in [-0.2, 0) is 22.6 Å². The molecule has 3 heterocycles. The average molecular weight is 792 g/mol. The van der Waals surface area contributed by atoms with E-state index in [0.29, 0.717) is 46.3 Å². The zero-order chi connectivity index (χ0) is 40.5. The fraction of sp³-hybridized carbons (Fsp3) is 0.500. The van der Waals surface area contributed by atoms with Gasteiger partial charge in [-0.2, -0.15) is 5.26 Å². The molecule has 300 valence electrons. The Bertz CT molecular complexity index is 2050. The Morgan fingerprint density at radius 3 is 2.33 bits per heavy atom. The molecule has 1 saturated carbocycles. The van der Waals surface area contributed by atoms with Gasteiger partial charge in [0.05, 0.1) is 10.6 Å². The van der Waals surface area contributed by atoms with E-state index >= 15 is 0 Å². The third kappa shape index (κ3) is 8.47. The minimum atomic E-state index is -0.582. The van der Waals surface area contributed by atoms with Crippen molar-refractivity contribution in [2.24, 2.45) is 10.8 Å². The number of piperidine rings is 2. The van der Waals surface area contributed by atoms with Crippen LogP contribution in [0.15, 0.2) is 60.7 Å². The number of nitrogens with one attached hydrogen (secondary N) is 2. The first-order valence-electron chi connectivity index (χ1n) is 20.5. The molecule has 3 fully saturated rings. The van der Waals surface area contributed by atoms with E-state index in [4.69, 9.17) is 16.3 Å². The van der Waals surface area contributed by atoms with Crippen molar-refractivity contribution in [3.63, 3.8) is 0 Å². The van der Waals surface area contributed by atoms with Gasteiger partial charge in [0.2, 0.25) is 11.8 Å². The van der Waals surface area contributed by atoms with Crippen molar-refractivity contribution in [1.82, 2.24) is 20.4 Å². The number of hydrogen-bond acceptors (Lipinski definition) is 7. The number of benzene rings is 3. The predicted molar refractivity (Wildman–Crippen MR) is 219 cm³/mol. The van der Waals surface area contributed by atoms with Gasteiger partial charge in [0, 0.05) is 47.0 Å². The van der Waals surface area contributed by atoms with Gasteiger partial charge in [-0.05, 0) is 111 Å². The lowest BCUT2D eigenvalue weighted by Crippen LogP contribution is -2.74. The molecule has 0 spiro atoms. The van der Waals surface area contributed by atoms with Gasteiger partial charge in [-0.15, -0.1) is 0 Å². The topological polar surface area (TPSA) is 132 Å². The number of amides is 4. The van der Waals surface area contributed by atoms with Gasteiger partial charge in [-0.1, -0.05) is 76.4 Å². The standard InChI is InChI=1S/C46H54ClN5O5/c1-45(2)43(46(3,4)44(45)57-35-16-14-33(27-48)37(47)26-35)50-40(54)31-12-10-29(11-13-31)9-7-5-6-8-22-51-23-20-30(21-24-51)32-15-17-36-34(25-32)28-52(42(36)56)38-18-19-39(53)49-41(38)55/h10-17,25-26,30,38,43-44H,5-9,18-24,28H2,1-4H3,(H,50,54)(H,49,53,55). The van der Waals surface area contributed by atoms with Gasteiger partial charge in [-0.25, -0.2) is 0 Å². The number of likely N-dealkylation sites (tertiary alicyclic amines) is 1. The molecular formula is C46H54ClN5O5. The van der Waals surface area contributed by atoms with Gasteiger partial charge < -0.3 is 19.9 Å². The Morgan fingerprint density at radius 2 is 1.65 bits per heavy atom. The number of carbonyl (C=O) groups excluding carboxylic acids is 4. The molecule has 4 amide bonds. The van der Waals surface area contributed by atoms with Crippen molar-refractivity contribution in [2.75, 3.05) is 19.6 Å².